The quantitative estimate of drug-likeness (QED) is 0.133. The average molecular weight is 777 g/mol. The third-order valence-corrected chi connectivity index (χ3v) is 11.0. The van der Waals surface area contributed by atoms with Gasteiger partial charge in [-0.1, -0.05) is 65.0 Å². The van der Waals surface area contributed by atoms with Gasteiger partial charge in [0.15, 0.2) is 0 Å². The molecule has 0 aromatic heterocycles. The number of halogens is 3. The molecule has 0 bridgehead atoms. The molecule has 1 aromatic carbocycles. The summed E-state index contributed by atoms with van der Waals surface area (Å²) < 4.78 is 45.3. The first-order chi connectivity index (χ1) is 25.5. The zero-order chi connectivity index (χ0) is 41.0. The molecule has 1 heterocycles. The van der Waals surface area contributed by atoms with E-state index in [4.69, 9.17) is 4.74 Å². The number of ether oxygens (including phenoxy) is 1. The summed E-state index contributed by atoms with van der Waals surface area (Å²) in [7, 11) is 0. The highest BCUT2D eigenvalue weighted by Gasteiger charge is 2.70. The van der Waals surface area contributed by atoms with Crippen LogP contribution in [0.5, 0.6) is 0 Å². The van der Waals surface area contributed by atoms with E-state index in [0.29, 0.717) is 12.8 Å². The lowest BCUT2D eigenvalue weighted by molar-refractivity contribution is -0.147. The number of hydrogen-bond donors (Lipinski definition) is 5. The third kappa shape index (κ3) is 10.8. The Bertz CT molecular complexity index is 1620. The van der Waals surface area contributed by atoms with Gasteiger partial charge in [0.25, 0.3) is 5.91 Å². The monoisotopic (exact) mass is 776 g/mol. The molecule has 1 unspecified atom stereocenters. The van der Waals surface area contributed by atoms with Gasteiger partial charge in [-0.2, -0.15) is 13.2 Å². The number of alkyl carbamates (subject to hydrolysis) is 1. The normalized spacial score (nSPS) is 21.7. The SMILES string of the molecule is C=CCNC(=O)C(=O)C(CCC(F)(F)F)NC(=O)[C@@H]1[C@@H]2[C@H](CN1C(=O)[C@@H](NC(=O)N[C@H](COC(=O)NC(C)C)C(C)(C)C)C1Cc3ccccc3C1)C2(C)C. The van der Waals surface area contributed by atoms with Crippen molar-refractivity contribution in [2.75, 3.05) is 19.7 Å². The van der Waals surface area contributed by atoms with Gasteiger partial charge in [-0.05, 0) is 72.8 Å². The number of Topliss-reactive ketones (excluding diaryl/α,β-unsaturated/α-hetero) is 1. The number of carbonyl (C=O) groups is 6. The van der Waals surface area contributed by atoms with Crippen LogP contribution in [-0.4, -0.2) is 96.6 Å². The number of likely N-dealkylation sites (tertiary alicyclic amines) is 1. The Kier molecular flexibility index (Phi) is 13.3. The van der Waals surface area contributed by atoms with Crippen molar-refractivity contribution in [2.24, 2.45) is 28.6 Å². The second kappa shape index (κ2) is 17.0. The minimum absolute atomic E-state index is 0.114. The van der Waals surface area contributed by atoms with Crippen molar-refractivity contribution in [1.82, 2.24) is 31.5 Å². The highest BCUT2D eigenvalue weighted by Crippen LogP contribution is 2.65. The Hall–Kier alpha value is -4.63. The number of piperidine rings is 1. The molecule has 4 rings (SSSR count). The van der Waals surface area contributed by atoms with Crippen LogP contribution in [0.25, 0.3) is 0 Å². The van der Waals surface area contributed by atoms with Gasteiger partial charge >= 0.3 is 18.3 Å². The minimum atomic E-state index is -4.67. The Morgan fingerprint density at radius 3 is 2.15 bits per heavy atom. The van der Waals surface area contributed by atoms with Crippen molar-refractivity contribution in [3.05, 3.63) is 48.0 Å². The number of nitrogens with one attached hydrogen (secondary N) is 5. The van der Waals surface area contributed by atoms with Gasteiger partial charge in [-0.25, -0.2) is 9.59 Å². The Balaban J connectivity index is 1.60. The fourth-order valence-corrected chi connectivity index (χ4v) is 7.73. The van der Waals surface area contributed by atoms with E-state index < -0.39 is 95.6 Å². The molecule has 304 valence electrons. The lowest BCUT2D eigenvalue weighted by Crippen LogP contribution is -2.61. The van der Waals surface area contributed by atoms with E-state index in [-0.39, 0.29) is 37.6 Å². The molecule has 1 saturated carbocycles. The Morgan fingerprint density at radius 1 is 0.982 bits per heavy atom. The van der Waals surface area contributed by atoms with Crippen LogP contribution in [0.15, 0.2) is 36.9 Å². The molecule has 1 saturated heterocycles. The van der Waals surface area contributed by atoms with Crippen molar-refractivity contribution in [3.63, 3.8) is 0 Å². The molecule has 1 aromatic rings. The zero-order valence-electron chi connectivity index (χ0n) is 32.6. The van der Waals surface area contributed by atoms with E-state index in [1.54, 1.807) is 13.8 Å². The molecule has 6 amide bonds. The number of fused-ring (bicyclic) bond motifs is 2. The number of ketones is 1. The summed E-state index contributed by atoms with van der Waals surface area (Å²) in [5, 5.41) is 13.0. The number of benzene rings is 1. The molecule has 3 aliphatic rings. The molecular weight excluding hydrogens is 721 g/mol. The summed E-state index contributed by atoms with van der Waals surface area (Å²) in [6, 6.07) is 1.99. The first-order valence-electron chi connectivity index (χ1n) is 18.7. The maximum absolute atomic E-state index is 14.8. The predicted octanol–water partition coefficient (Wildman–Crippen LogP) is 3.80. The van der Waals surface area contributed by atoms with Crippen LogP contribution in [0.1, 0.15) is 72.4 Å². The summed E-state index contributed by atoms with van der Waals surface area (Å²) in [6.45, 7) is 16.3. The van der Waals surface area contributed by atoms with Gasteiger partial charge in [-0.3, -0.25) is 19.2 Å². The fraction of sp³-hybridized carbons (Fsp3) is 0.641. The largest absolute Gasteiger partial charge is 0.447 e. The van der Waals surface area contributed by atoms with Crippen molar-refractivity contribution in [1.29, 1.82) is 0 Å². The van der Waals surface area contributed by atoms with Gasteiger partial charge in [0.05, 0.1) is 12.1 Å². The van der Waals surface area contributed by atoms with Crippen LogP contribution in [0, 0.1) is 28.6 Å². The molecule has 0 radical (unpaired) electrons. The van der Waals surface area contributed by atoms with Gasteiger partial charge in [0, 0.05) is 25.6 Å². The molecule has 0 spiro atoms. The fourth-order valence-electron chi connectivity index (χ4n) is 7.73. The van der Waals surface area contributed by atoms with E-state index in [1.807, 2.05) is 58.9 Å². The highest BCUT2D eigenvalue weighted by atomic mass is 19.4. The van der Waals surface area contributed by atoms with Crippen LogP contribution in [0.4, 0.5) is 22.8 Å². The van der Waals surface area contributed by atoms with Gasteiger partial charge in [0.1, 0.15) is 18.7 Å². The molecule has 2 fully saturated rings. The summed E-state index contributed by atoms with van der Waals surface area (Å²) in [5.41, 5.74) is 1.03. The van der Waals surface area contributed by atoms with Gasteiger partial charge in [0.2, 0.25) is 17.6 Å². The third-order valence-electron chi connectivity index (χ3n) is 11.0. The molecular formula is C39H55F3N6O7. The second-order valence-electron chi connectivity index (χ2n) is 16.8. The van der Waals surface area contributed by atoms with Gasteiger partial charge in [-0.15, -0.1) is 6.58 Å². The molecule has 55 heavy (non-hydrogen) atoms. The zero-order valence-corrected chi connectivity index (χ0v) is 32.6. The van der Waals surface area contributed by atoms with Crippen LogP contribution in [0.3, 0.4) is 0 Å². The van der Waals surface area contributed by atoms with Crippen LogP contribution in [0.2, 0.25) is 0 Å². The summed E-state index contributed by atoms with van der Waals surface area (Å²) in [6.07, 6.45) is -5.44. The van der Waals surface area contributed by atoms with E-state index in [0.717, 1.165) is 11.1 Å². The number of nitrogens with zero attached hydrogens (tertiary/aromatic N) is 1. The van der Waals surface area contributed by atoms with Crippen LogP contribution < -0.4 is 26.6 Å². The Morgan fingerprint density at radius 2 is 1.60 bits per heavy atom. The molecule has 5 N–H and O–H groups in total. The number of rotatable bonds is 15. The summed E-state index contributed by atoms with van der Waals surface area (Å²) in [5.74, 6) is -4.78. The second-order valence-corrected chi connectivity index (χ2v) is 16.8. The standard InChI is InChI=1S/C39H55F3N6O7/c1-9-16-43-33(51)31(49)26(14-15-39(40,41)42)45-32(50)30-28-25(38(28,7)8)19-48(30)34(52)29(24-17-22-12-10-11-13-23(22)18-24)47-35(53)46-27(37(4,5)6)20-55-36(54)44-21(2)3/h9-13,21,24-30H,1,14-20H2,2-8H3,(H,43,51)(H,44,54)(H,45,50)(H2,46,47,53)/t25-,26?,27+,28-,29-,30-/m0/s1. The highest BCUT2D eigenvalue weighted by molar-refractivity contribution is 6.38. The van der Waals surface area contributed by atoms with Crippen molar-refractivity contribution in [2.45, 2.75) is 111 Å². The topological polar surface area (TPSA) is 175 Å². The number of alkyl halides is 3. The van der Waals surface area contributed by atoms with Crippen molar-refractivity contribution in [3.8, 4) is 0 Å². The lowest BCUT2D eigenvalue weighted by Gasteiger charge is -2.36. The smallest absolute Gasteiger partial charge is 0.407 e. The first-order valence-corrected chi connectivity index (χ1v) is 18.7. The van der Waals surface area contributed by atoms with E-state index in [1.165, 1.54) is 11.0 Å². The maximum atomic E-state index is 14.8. The van der Waals surface area contributed by atoms with E-state index in [2.05, 4.69) is 33.2 Å². The summed E-state index contributed by atoms with van der Waals surface area (Å²) in [4.78, 5) is 81.8. The first kappa shape index (κ1) is 43.1. The molecule has 1 aliphatic heterocycles. The van der Waals surface area contributed by atoms with Crippen LogP contribution in [-0.2, 0) is 36.8 Å². The van der Waals surface area contributed by atoms with Crippen molar-refractivity contribution >= 4 is 35.6 Å². The molecule has 2 aliphatic carbocycles. The lowest BCUT2D eigenvalue weighted by atomic mass is 9.87. The van der Waals surface area contributed by atoms with E-state index in [9.17, 15) is 41.9 Å². The number of urea groups is 1. The molecule has 6 atom stereocenters. The number of amides is 6. The number of hydrogen-bond acceptors (Lipinski definition) is 7. The van der Waals surface area contributed by atoms with Crippen molar-refractivity contribution < 1.29 is 46.7 Å². The van der Waals surface area contributed by atoms with Crippen LogP contribution >= 0.6 is 0 Å². The predicted molar refractivity (Wildman–Crippen MR) is 197 cm³/mol. The van der Waals surface area contributed by atoms with E-state index >= 15 is 0 Å². The molecule has 16 heteroatoms. The number of carbonyl (C=O) groups excluding carboxylic acids is 6. The Labute approximate surface area is 320 Å². The minimum Gasteiger partial charge on any atom is -0.447 e. The summed E-state index contributed by atoms with van der Waals surface area (Å²) >= 11 is 0. The molecule has 13 nitrogen and oxygen atoms in total. The average Bonchev–Trinajstić information content (AvgIpc) is 3.44. The maximum Gasteiger partial charge on any atom is 0.407 e. The van der Waals surface area contributed by atoms with Gasteiger partial charge < -0.3 is 36.2 Å².